The zero-order valence-electron chi connectivity index (χ0n) is 28.5. The van der Waals surface area contributed by atoms with Gasteiger partial charge in [-0.25, -0.2) is 19.4 Å². The summed E-state index contributed by atoms with van der Waals surface area (Å²) in [5, 5.41) is 0.892. The highest BCUT2D eigenvalue weighted by Crippen LogP contribution is 2.41. The normalized spacial score (nSPS) is 19.6. The highest BCUT2D eigenvalue weighted by molar-refractivity contribution is 7.12. The summed E-state index contributed by atoms with van der Waals surface area (Å²) in [6.45, 7) is 23.4. The van der Waals surface area contributed by atoms with Crippen molar-refractivity contribution in [2.45, 2.75) is 117 Å². The van der Waals surface area contributed by atoms with Gasteiger partial charge in [0.15, 0.2) is 8.32 Å². The van der Waals surface area contributed by atoms with Gasteiger partial charge in [0.1, 0.15) is 16.2 Å². The summed E-state index contributed by atoms with van der Waals surface area (Å²) in [5.74, 6) is -0.572. The van der Waals surface area contributed by atoms with Crippen LogP contribution in [0.5, 0.6) is 0 Å². The van der Waals surface area contributed by atoms with E-state index in [9.17, 15) is 14.4 Å². The number of carbonyl (C=O) groups excluding carboxylic acids is 3. The standard InChI is InChI=1S/C31H51N3O8SSi/c1-29(2,3)41-27(36)33-17-20-15-21(25(26(35)38-10)22(18-33)34(20)28(37)42-30(4,5)6)23-16-32-24(43-23)19-39-13-14-40-44(11,12)31(7,8)9/h16,20,22H,13-15,17-19H2,1-12H3. The van der Waals surface area contributed by atoms with Crippen molar-refractivity contribution in [1.82, 2.24) is 14.8 Å². The van der Waals surface area contributed by atoms with E-state index in [1.54, 1.807) is 57.5 Å². The van der Waals surface area contributed by atoms with Crippen LogP contribution < -0.4 is 0 Å². The van der Waals surface area contributed by atoms with E-state index in [0.717, 1.165) is 15.5 Å². The van der Waals surface area contributed by atoms with E-state index < -0.39 is 49.8 Å². The Balaban J connectivity index is 1.87. The fourth-order valence-electron chi connectivity index (χ4n) is 4.83. The van der Waals surface area contributed by atoms with Crippen LogP contribution in [0.25, 0.3) is 5.57 Å². The Bertz CT molecular complexity index is 1240. The molecule has 3 heterocycles. The Morgan fingerprint density at radius 1 is 0.955 bits per heavy atom. The van der Waals surface area contributed by atoms with Crippen molar-refractivity contribution in [2.75, 3.05) is 33.4 Å². The Hall–Kier alpha value is -2.48. The summed E-state index contributed by atoms with van der Waals surface area (Å²) in [6.07, 6.45) is 0.995. The molecule has 0 saturated carbocycles. The van der Waals surface area contributed by atoms with Gasteiger partial charge >= 0.3 is 18.2 Å². The molecule has 1 saturated heterocycles. The largest absolute Gasteiger partial charge is 0.466 e. The van der Waals surface area contributed by atoms with Gasteiger partial charge in [0, 0.05) is 19.3 Å². The van der Waals surface area contributed by atoms with Crippen LogP contribution in [0.1, 0.15) is 78.6 Å². The number of hydrogen-bond donors (Lipinski definition) is 0. The first-order valence-corrected chi connectivity index (χ1v) is 18.8. The summed E-state index contributed by atoms with van der Waals surface area (Å²) in [6, 6.07) is -1.24. The molecular weight excluding hydrogens is 603 g/mol. The van der Waals surface area contributed by atoms with Crippen LogP contribution in [0.15, 0.2) is 11.8 Å². The number of methoxy groups -OCH3 is 1. The van der Waals surface area contributed by atoms with Gasteiger partial charge in [-0.3, -0.25) is 4.90 Å². The van der Waals surface area contributed by atoms with Crippen LogP contribution >= 0.6 is 11.3 Å². The number of piperazine rings is 1. The van der Waals surface area contributed by atoms with Crippen molar-refractivity contribution in [3.8, 4) is 0 Å². The molecule has 2 bridgehead atoms. The van der Waals surface area contributed by atoms with E-state index in [2.05, 4.69) is 38.8 Å². The van der Waals surface area contributed by atoms with Gasteiger partial charge in [-0.15, -0.1) is 11.3 Å². The number of esters is 1. The number of rotatable bonds is 8. The van der Waals surface area contributed by atoms with Crippen LogP contribution in [0, 0.1) is 0 Å². The summed E-state index contributed by atoms with van der Waals surface area (Å²) in [7, 11) is -0.541. The lowest BCUT2D eigenvalue weighted by atomic mass is 9.84. The minimum atomic E-state index is -1.85. The lowest BCUT2D eigenvalue weighted by Gasteiger charge is -2.50. The van der Waals surface area contributed by atoms with E-state index in [4.69, 9.17) is 23.4 Å². The maximum absolute atomic E-state index is 13.5. The summed E-state index contributed by atoms with van der Waals surface area (Å²) in [5.41, 5.74) is -0.380. The number of carbonyl (C=O) groups is 3. The van der Waals surface area contributed by atoms with Crippen molar-refractivity contribution >= 4 is 43.4 Å². The van der Waals surface area contributed by atoms with Crippen molar-refractivity contribution in [3.05, 3.63) is 21.7 Å². The van der Waals surface area contributed by atoms with E-state index in [0.29, 0.717) is 31.8 Å². The maximum atomic E-state index is 13.5. The molecule has 1 fully saturated rings. The van der Waals surface area contributed by atoms with Crippen LogP contribution in [0.2, 0.25) is 18.1 Å². The average Bonchev–Trinajstić information content (AvgIpc) is 3.33. The third kappa shape index (κ3) is 9.04. The monoisotopic (exact) mass is 653 g/mol. The first-order valence-electron chi connectivity index (χ1n) is 15.1. The topological polar surface area (TPSA) is 117 Å². The number of fused-ring (bicyclic) bond motifs is 2. The predicted octanol–water partition coefficient (Wildman–Crippen LogP) is 6.24. The maximum Gasteiger partial charge on any atom is 0.411 e. The molecule has 248 valence electrons. The number of aromatic nitrogens is 1. The quantitative estimate of drug-likeness (QED) is 0.139. The molecule has 2 amide bonds. The average molecular weight is 654 g/mol. The van der Waals surface area contributed by atoms with Gasteiger partial charge in [0.2, 0.25) is 0 Å². The zero-order chi connectivity index (χ0) is 33.3. The smallest absolute Gasteiger partial charge is 0.411 e. The van der Waals surface area contributed by atoms with E-state index in [1.807, 2.05) is 0 Å². The number of thiazole rings is 1. The molecule has 2 atom stereocenters. The van der Waals surface area contributed by atoms with E-state index >= 15 is 0 Å². The predicted molar refractivity (Wildman–Crippen MR) is 172 cm³/mol. The van der Waals surface area contributed by atoms with E-state index in [-0.39, 0.29) is 18.1 Å². The van der Waals surface area contributed by atoms with Gasteiger partial charge in [-0.2, -0.15) is 0 Å². The SMILES string of the molecule is COC(=O)C1=C(c2cnc(COCCO[Si](C)(C)C(C)(C)C)s2)CC2CN(C(=O)OC(C)(C)C)CC1N2C(=O)OC(C)(C)C. The summed E-state index contributed by atoms with van der Waals surface area (Å²) in [4.78, 5) is 48.5. The van der Waals surface area contributed by atoms with Crippen LogP contribution in [-0.4, -0.2) is 98.0 Å². The lowest BCUT2D eigenvalue weighted by Crippen LogP contribution is -2.65. The lowest BCUT2D eigenvalue weighted by molar-refractivity contribution is -0.137. The van der Waals surface area contributed by atoms with Crippen molar-refractivity contribution in [3.63, 3.8) is 0 Å². The molecule has 1 aromatic rings. The third-order valence-corrected chi connectivity index (χ3v) is 13.5. The van der Waals surface area contributed by atoms with Crippen molar-refractivity contribution in [1.29, 1.82) is 0 Å². The Kier molecular flexibility index (Phi) is 11.0. The second-order valence-corrected chi connectivity index (χ2v) is 20.7. The molecule has 13 heteroatoms. The van der Waals surface area contributed by atoms with Gasteiger partial charge in [0.05, 0.1) is 49.5 Å². The van der Waals surface area contributed by atoms with Crippen molar-refractivity contribution in [2.24, 2.45) is 0 Å². The van der Waals surface area contributed by atoms with Gasteiger partial charge < -0.3 is 28.3 Å². The number of nitrogens with zero attached hydrogens (tertiary/aromatic N) is 3. The molecule has 0 aliphatic carbocycles. The molecule has 2 unspecified atom stereocenters. The minimum Gasteiger partial charge on any atom is -0.466 e. The number of hydrogen-bond acceptors (Lipinski definition) is 10. The van der Waals surface area contributed by atoms with Gasteiger partial charge in [0.25, 0.3) is 0 Å². The van der Waals surface area contributed by atoms with Crippen LogP contribution in [-0.2, 0) is 34.8 Å². The molecule has 44 heavy (non-hydrogen) atoms. The van der Waals surface area contributed by atoms with E-state index in [1.165, 1.54) is 18.4 Å². The molecular formula is C31H51N3O8SSi. The van der Waals surface area contributed by atoms with Gasteiger partial charge in [-0.05, 0) is 71.7 Å². The third-order valence-electron chi connectivity index (χ3n) is 7.89. The zero-order valence-corrected chi connectivity index (χ0v) is 30.3. The second-order valence-electron chi connectivity index (χ2n) is 14.8. The molecule has 2 aliphatic heterocycles. The molecule has 0 N–H and O–H groups in total. The molecule has 3 rings (SSSR count). The second kappa shape index (κ2) is 13.5. The molecule has 0 radical (unpaired) electrons. The first-order chi connectivity index (χ1) is 20.1. The molecule has 1 aromatic heterocycles. The van der Waals surface area contributed by atoms with Crippen LogP contribution in [0.4, 0.5) is 9.59 Å². The highest BCUT2D eigenvalue weighted by Gasteiger charge is 2.50. The van der Waals surface area contributed by atoms with Gasteiger partial charge in [-0.1, -0.05) is 20.8 Å². The summed E-state index contributed by atoms with van der Waals surface area (Å²) >= 11 is 1.44. The van der Waals surface area contributed by atoms with Crippen LogP contribution in [0.3, 0.4) is 0 Å². The number of amides is 2. The molecule has 2 aliphatic rings. The Labute approximate surface area is 267 Å². The highest BCUT2D eigenvalue weighted by atomic mass is 32.1. The fraction of sp³-hybridized carbons (Fsp3) is 0.742. The fourth-order valence-corrected chi connectivity index (χ4v) is 6.78. The molecule has 0 spiro atoms. The number of ether oxygens (including phenoxy) is 4. The molecule has 11 nitrogen and oxygen atoms in total. The summed E-state index contributed by atoms with van der Waals surface area (Å²) < 4.78 is 28.7. The first kappa shape index (κ1) is 36.0. The van der Waals surface area contributed by atoms with Crippen molar-refractivity contribution < 1.29 is 37.8 Å². The Morgan fingerprint density at radius 3 is 2.14 bits per heavy atom. The Morgan fingerprint density at radius 2 is 1.57 bits per heavy atom. The molecule has 0 aromatic carbocycles. The minimum absolute atomic E-state index is 0.0571.